The first kappa shape index (κ1) is 18.7. The lowest BCUT2D eigenvalue weighted by Crippen LogP contribution is -2.44. The van der Waals surface area contributed by atoms with Gasteiger partial charge in [0.2, 0.25) is 5.28 Å². The third kappa shape index (κ3) is 3.56. The summed E-state index contributed by atoms with van der Waals surface area (Å²) in [5.74, 6) is 1.51. The maximum absolute atomic E-state index is 6.28. The van der Waals surface area contributed by atoms with Crippen molar-refractivity contribution < 1.29 is 0 Å². The zero-order valence-electron chi connectivity index (χ0n) is 16.3. The Balaban J connectivity index is 1.86. The molecule has 1 fully saturated rings. The Morgan fingerprint density at radius 2 is 1.70 bits per heavy atom. The molecule has 142 valence electrons. The molecule has 1 aliphatic heterocycles. The molecule has 2 aromatic heterocycles. The van der Waals surface area contributed by atoms with Gasteiger partial charge in [-0.2, -0.15) is 4.98 Å². The molecule has 1 aliphatic rings. The Labute approximate surface area is 169 Å². The molecule has 0 spiro atoms. The molecular formula is C21H25ClN4S. The van der Waals surface area contributed by atoms with Crippen LogP contribution in [0.25, 0.3) is 21.3 Å². The number of piperazine rings is 1. The minimum atomic E-state index is 0.333. The SMILES string of the molecule is Cc1sc2nc(Cl)nc(N3CCN(C)CC3)c2c1-c1ccc(C(C)C)cc1. The van der Waals surface area contributed by atoms with Crippen molar-refractivity contribution in [1.82, 2.24) is 14.9 Å². The van der Waals surface area contributed by atoms with E-state index < -0.39 is 0 Å². The summed E-state index contributed by atoms with van der Waals surface area (Å²) in [6.45, 7) is 10.6. The smallest absolute Gasteiger partial charge is 0.225 e. The second-order valence-electron chi connectivity index (χ2n) is 7.60. The number of fused-ring (bicyclic) bond motifs is 1. The van der Waals surface area contributed by atoms with Crippen LogP contribution in [0.3, 0.4) is 0 Å². The molecule has 4 nitrogen and oxygen atoms in total. The largest absolute Gasteiger partial charge is 0.353 e. The van der Waals surface area contributed by atoms with Gasteiger partial charge in [0.15, 0.2) is 0 Å². The Kier molecular flexibility index (Phi) is 5.10. The number of rotatable bonds is 3. The van der Waals surface area contributed by atoms with E-state index in [2.05, 4.69) is 71.9 Å². The van der Waals surface area contributed by atoms with Crippen molar-refractivity contribution in [3.63, 3.8) is 0 Å². The summed E-state index contributed by atoms with van der Waals surface area (Å²) in [7, 11) is 2.16. The number of likely N-dealkylation sites (N-methyl/N-ethyl adjacent to an activating group) is 1. The van der Waals surface area contributed by atoms with E-state index >= 15 is 0 Å². The summed E-state index contributed by atoms with van der Waals surface area (Å²) in [5, 5.41) is 1.48. The van der Waals surface area contributed by atoms with Gasteiger partial charge in [0.1, 0.15) is 10.6 Å². The molecule has 0 N–H and O–H groups in total. The summed E-state index contributed by atoms with van der Waals surface area (Å²) < 4.78 is 0. The van der Waals surface area contributed by atoms with Crippen molar-refractivity contribution in [2.24, 2.45) is 0 Å². The molecule has 27 heavy (non-hydrogen) atoms. The highest BCUT2D eigenvalue weighted by Crippen LogP contribution is 2.42. The second-order valence-corrected chi connectivity index (χ2v) is 9.14. The van der Waals surface area contributed by atoms with Gasteiger partial charge in [0.05, 0.1) is 5.39 Å². The molecule has 0 atom stereocenters. The average molecular weight is 401 g/mol. The molecule has 0 unspecified atom stereocenters. The third-order valence-corrected chi connectivity index (χ3v) is 6.52. The molecule has 1 saturated heterocycles. The minimum absolute atomic E-state index is 0.333. The van der Waals surface area contributed by atoms with Gasteiger partial charge >= 0.3 is 0 Å². The highest BCUT2D eigenvalue weighted by molar-refractivity contribution is 7.19. The van der Waals surface area contributed by atoms with Crippen LogP contribution in [0.15, 0.2) is 24.3 Å². The minimum Gasteiger partial charge on any atom is -0.353 e. The topological polar surface area (TPSA) is 32.3 Å². The van der Waals surface area contributed by atoms with Crippen LogP contribution in [0.4, 0.5) is 5.82 Å². The number of anilines is 1. The van der Waals surface area contributed by atoms with Gasteiger partial charge in [-0.15, -0.1) is 11.3 Å². The Bertz CT molecular complexity index is 956. The lowest BCUT2D eigenvalue weighted by atomic mass is 9.97. The molecule has 6 heteroatoms. The van der Waals surface area contributed by atoms with Crippen molar-refractivity contribution in [3.8, 4) is 11.1 Å². The molecule has 0 aliphatic carbocycles. The number of nitrogens with zero attached hydrogens (tertiary/aromatic N) is 4. The summed E-state index contributed by atoms with van der Waals surface area (Å²) >= 11 is 7.99. The van der Waals surface area contributed by atoms with E-state index in [4.69, 9.17) is 11.6 Å². The van der Waals surface area contributed by atoms with E-state index in [0.29, 0.717) is 11.2 Å². The van der Waals surface area contributed by atoms with E-state index in [9.17, 15) is 0 Å². The first-order valence-electron chi connectivity index (χ1n) is 9.44. The van der Waals surface area contributed by atoms with E-state index in [0.717, 1.165) is 42.2 Å². The van der Waals surface area contributed by atoms with Crippen LogP contribution >= 0.6 is 22.9 Å². The molecule has 1 aromatic carbocycles. The van der Waals surface area contributed by atoms with Crippen LogP contribution in [0, 0.1) is 6.92 Å². The molecule has 0 saturated carbocycles. The third-order valence-electron chi connectivity index (χ3n) is 5.35. The highest BCUT2D eigenvalue weighted by Gasteiger charge is 2.24. The Morgan fingerprint density at radius 1 is 1.04 bits per heavy atom. The Hall–Kier alpha value is -1.69. The molecule has 0 radical (unpaired) electrons. The first-order chi connectivity index (χ1) is 12.9. The molecule has 3 aromatic rings. The predicted molar refractivity (Wildman–Crippen MR) is 116 cm³/mol. The van der Waals surface area contributed by atoms with Gasteiger partial charge < -0.3 is 9.80 Å². The average Bonchev–Trinajstić information content (AvgIpc) is 2.97. The van der Waals surface area contributed by atoms with Crippen LogP contribution in [-0.2, 0) is 0 Å². The summed E-state index contributed by atoms with van der Waals surface area (Å²) in [5.41, 5.74) is 3.83. The van der Waals surface area contributed by atoms with E-state index in [1.807, 2.05) is 0 Å². The van der Waals surface area contributed by atoms with Gasteiger partial charge in [-0.25, -0.2) is 4.98 Å². The summed E-state index contributed by atoms with van der Waals surface area (Å²) in [6.07, 6.45) is 0. The fourth-order valence-corrected chi connectivity index (χ4v) is 4.95. The number of hydrogen-bond acceptors (Lipinski definition) is 5. The Morgan fingerprint density at radius 3 is 2.33 bits per heavy atom. The number of thiophene rings is 1. The van der Waals surface area contributed by atoms with Crippen LogP contribution in [0.1, 0.15) is 30.2 Å². The van der Waals surface area contributed by atoms with E-state index in [-0.39, 0.29) is 0 Å². The number of hydrogen-bond donors (Lipinski definition) is 0. The van der Waals surface area contributed by atoms with Crippen LogP contribution in [-0.4, -0.2) is 48.1 Å². The van der Waals surface area contributed by atoms with Gasteiger partial charge in [0, 0.05) is 36.6 Å². The standard InChI is InChI=1S/C21H25ClN4S/c1-13(2)15-5-7-16(8-6-15)17-14(3)27-20-18(17)19(23-21(22)24-20)26-11-9-25(4)10-12-26/h5-8,13H,9-12H2,1-4H3. The van der Waals surface area contributed by atoms with Crippen LogP contribution in [0.2, 0.25) is 5.28 Å². The molecule has 3 heterocycles. The maximum atomic E-state index is 6.28. The molecule has 0 amide bonds. The summed E-state index contributed by atoms with van der Waals surface area (Å²) in [4.78, 5) is 16.1. The lowest BCUT2D eigenvalue weighted by Gasteiger charge is -2.33. The van der Waals surface area contributed by atoms with Crippen LogP contribution in [0.5, 0.6) is 0 Å². The molecular weight excluding hydrogens is 376 g/mol. The van der Waals surface area contributed by atoms with Crippen molar-refractivity contribution in [2.75, 3.05) is 38.1 Å². The van der Waals surface area contributed by atoms with Gasteiger partial charge in [-0.05, 0) is 42.6 Å². The zero-order chi connectivity index (χ0) is 19.1. The van der Waals surface area contributed by atoms with E-state index in [1.54, 1.807) is 11.3 Å². The fourth-order valence-electron chi connectivity index (χ4n) is 3.70. The first-order valence-corrected chi connectivity index (χ1v) is 10.6. The van der Waals surface area contributed by atoms with Gasteiger partial charge in [-0.3, -0.25) is 0 Å². The fraction of sp³-hybridized carbons (Fsp3) is 0.429. The molecule has 0 bridgehead atoms. The number of aromatic nitrogens is 2. The lowest BCUT2D eigenvalue weighted by molar-refractivity contribution is 0.312. The van der Waals surface area contributed by atoms with Crippen molar-refractivity contribution in [2.45, 2.75) is 26.7 Å². The number of aryl methyl sites for hydroxylation is 1. The van der Waals surface area contributed by atoms with E-state index in [1.165, 1.54) is 21.6 Å². The zero-order valence-corrected chi connectivity index (χ0v) is 17.9. The monoisotopic (exact) mass is 400 g/mol. The maximum Gasteiger partial charge on any atom is 0.225 e. The quantitative estimate of drug-likeness (QED) is 0.566. The van der Waals surface area contributed by atoms with Crippen molar-refractivity contribution in [1.29, 1.82) is 0 Å². The van der Waals surface area contributed by atoms with Gasteiger partial charge in [-0.1, -0.05) is 38.1 Å². The van der Waals surface area contributed by atoms with Crippen molar-refractivity contribution in [3.05, 3.63) is 40.0 Å². The normalized spacial score (nSPS) is 15.9. The number of benzene rings is 1. The number of halogens is 1. The molecule has 4 rings (SSSR count). The predicted octanol–water partition coefficient (Wildman–Crippen LogP) is 5.20. The summed E-state index contributed by atoms with van der Waals surface area (Å²) in [6, 6.07) is 8.92. The van der Waals surface area contributed by atoms with Crippen LogP contribution < -0.4 is 4.90 Å². The highest BCUT2D eigenvalue weighted by atomic mass is 35.5. The van der Waals surface area contributed by atoms with Crippen molar-refractivity contribution >= 4 is 39.0 Å². The second kappa shape index (κ2) is 7.38. The van der Waals surface area contributed by atoms with Gasteiger partial charge in [0.25, 0.3) is 0 Å².